The third kappa shape index (κ3) is 4.36. The van der Waals surface area contributed by atoms with Crippen LogP contribution in [0.1, 0.15) is 25.7 Å². The second-order valence-electron chi connectivity index (χ2n) is 4.28. The van der Waals surface area contributed by atoms with E-state index in [9.17, 15) is 4.79 Å². The lowest BCUT2D eigenvalue weighted by Crippen LogP contribution is -2.15. The minimum absolute atomic E-state index is 0.0972. The number of hydrogen-bond donors (Lipinski definition) is 1. The quantitative estimate of drug-likeness (QED) is 0.908. The Morgan fingerprint density at radius 2 is 2.18 bits per heavy atom. The normalized spacial score (nSPS) is 16.1. The molecule has 0 saturated heterocycles. The standard InChI is InChI=1S/C13H16BrNOS/c14-10-4-3-5-11(8-10)15-13(16)9-17-12-6-1-2-7-12/h3-5,8,12H,1-2,6-7,9H2,(H,15,16). The second-order valence-corrected chi connectivity index (χ2v) is 6.48. The number of halogens is 1. The lowest BCUT2D eigenvalue weighted by molar-refractivity contribution is -0.113. The summed E-state index contributed by atoms with van der Waals surface area (Å²) in [6.45, 7) is 0. The van der Waals surface area contributed by atoms with Gasteiger partial charge in [-0.25, -0.2) is 0 Å². The molecule has 92 valence electrons. The molecule has 0 aromatic heterocycles. The fourth-order valence-electron chi connectivity index (χ4n) is 2.01. The average molecular weight is 314 g/mol. The molecule has 0 radical (unpaired) electrons. The molecule has 0 heterocycles. The van der Waals surface area contributed by atoms with E-state index in [0.29, 0.717) is 11.0 Å². The van der Waals surface area contributed by atoms with Gasteiger partial charge in [0.05, 0.1) is 5.75 Å². The Bertz CT molecular complexity index is 391. The van der Waals surface area contributed by atoms with Gasteiger partial charge in [-0.05, 0) is 31.0 Å². The van der Waals surface area contributed by atoms with E-state index in [1.54, 1.807) is 11.8 Å². The zero-order valence-electron chi connectivity index (χ0n) is 9.62. The molecular weight excluding hydrogens is 298 g/mol. The molecule has 1 aliphatic rings. The first kappa shape index (κ1) is 13.0. The third-order valence-corrected chi connectivity index (χ3v) is 4.73. The Balaban J connectivity index is 1.76. The highest BCUT2D eigenvalue weighted by atomic mass is 79.9. The first-order chi connectivity index (χ1) is 8.24. The summed E-state index contributed by atoms with van der Waals surface area (Å²) in [6.07, 6.45) is 5.19. The number of thioether (sulfide) groups is 1. The van der Waals surface area contributed by atoms with Crippen LogP contribution in [0.5, 0.6) is 0 Å². The van der Waals surface area contributed by atoms with Crippen molar-refractivity contribution in [2.45, 2.75) is 30.9 Å². The summed E-state index contributed by atoms with van der Waals surface area (Å²) in [5.41, 5.74) is 0.858. The van der Waals surface area contributed by atoms with Gasteiger partial charge < -0.3 is 5.32 Å². The Kier molecular flexibility index (Phi) is 4.92. The third-order valence-electron chi connectivity index (χ3n) is 2.86. The van der Waals surface area contributed by atoms with Crippen molar-refractivity contribution in [1.82, 2.24) is 0 Å². The number of hydrogen-bond acceptors (Lipinski definition) is 2. The van der Waals surface area contributed by atoms with Crippen molar-refractivity contribution in [3.05, 3.63) is 28.7 Å². The van der Waals surface area contributed by atoms with Crippen molar-refractivity contribution in [1.29, 1.82) is 0 Å². The number of benzene rings is 1. The number of anilines is 1. The average Bonchev–Trinajstić information content (AvgIpc) is 2.79. The zero-order valence-corrected chi connectivity index (χ0v) is 12.0. The molecule has 4 heteroatoms. The number of carbonyl (C=O) groups excluding carboxylic acids is 1. The van der Waals surface area contributed by atoms with Gasteiger partial charge in [0.15, 0.2) is 0 Å². The van der Waals surface area contributed by atoms with Gasteiger partial charge in [-0.3, -0.25) is 4.79 Å². The van der Waals surface area contributed by atoms with Gasteiger partial charge in [0.1, 0.15) is 0 Å². The van der Waals surface area contributed by atoms with Crippen molar-refractivity contribution in [3.63, 3.8) is 0 Å². The summed E-state index contributed by atoms with van der Waals surface area (Å²) >= 11 is 5.18. The SMILES string of the molecule is O=C(CSC1CCCC1)Nc1cccc(Br)c1. The van der Waals surface area contributed by atoms with E-state index in [0.717, 1.165) is 10.2 Å². The fraction of sp³-hybridized carbons (Fsp3) is 0.462. The molecular formula is C13H16BrNOS. The van der Waals surface area contributed by atoms with E-state index in [-0.39, 0.29) is 5.91 Å². The second kappa shape index (κ2) is 6.45. The van der Waals surface area contributed by atoms with Gasteiger partial charge in [0.25, 0.3) is 0 Å². The molecule has 0 bridgehead atoms. The predicted molar refractivity (Wildman–Crippen MR) is 77.5 cm³/mol. The molecule has 1 aromatic rings. The van der Waals surface area contributed by atoms with E-state index in [4.69, 9.17) is 0 Å². The lowest BCUT2D eigenvalue weighted by Gasteiger charge is -2.09. The first-order valence-electron chi connectivity index (χ1n) is 5.91. The molecule has 2 rings (SSSR count). The molecule has 1 aliphatic carbocycles. The van der Waals surface area contributed by atoms with Gasteiger partial charge in [0.2, 0.25) is 5.91 Å². The maximum atomic E-state index is 11.7. The van der Waals surface area contributed by atoms with Crippen LogP contribution in [0.25, 0.3) is 0 Å². The number of nitrogens with one attached hydrogen (secondary N) is 1. The highest BCUT2D eigenvalue weighted by Gasteiger charge is 2.16. The van der Waals surface area contributed by atoms with Crippen LogP contribution in [-0.2, 0) is 4.79 Å². The van der Waals surface area contributed by atoms with Crippen LogP contribution in [0.2, 0.25) is 0 Å². The zero-order chi connectivity index (χ0) is 12.1. The van der Waals surface area contributed by atoms with E-state index in [2.05, 4.69) is 21.2 Å². The van der Waals surface area contributed by atoms with Crippen LogP contribution in [0.4, 0.5) is 5.69 Å². The van der Waals surface area contributed by atoms with Crippen molar-refractivity contribution < 1.29 is 4.79 Å². The molecule has 0 atom stereocenters. The molecule has 0 spiro atoms. The summed E-state index contributed by atoms with van der Waals surface area (Å²) in [5.74, 6) is 0.664. The number of rotatable bonds is 4. The van der Waals surface area contributed by atoms with Gasteiger partial charge in [0, 0.05) is 15.4 Å². The van der Waals surface area contributed by atoms with Crippen molar-refractivity contribution in [2.24, 2.45) is 0 Å². The van der Waals surface area contributed by atoms with Gasteiger partial charge in [-0.1, -0.05) is 34.8 Å². The van der Waals surface area contributed by atoms with E-state index >= 15 is 0 Å². The summed E-state index contributed by atoms with van der Waals surface area (Å²) in [6, 6.07) is 7.69. The summed E-state index contributed by atoms with van der Waals surface area (Å²) in [4.78, 5) is 11.7. The Labute approximate surface area is 115 Å². The fourth-order valence-corrected chi connectivity index (χ4v) is 3.54. The number of carbonyl (C=O) groups is 1. The molecule has 1 fully saturated rings. The van der Waals surface area contributed by atoms with Crippen LogP contribution in [0.15, 0.2) is 28.7 Å². The molecule has 1 N–H and O–H groups in total. The molecule has 1 aromatic carbocycles. The van der Waals surface area contributed by atoms with Crippen molar-refractivity contribution in [2.75, 3.05) is 11.1 Å². The van der Waals surface area contributed by atoms with Crippen LogP contribution in [0, 0.1) is 0 Å². The molecule has 0 unspecified atom stereocenters. The largest absolute Gasteiger partial charge is 0.325 e. The Morgan fingerprint density at radius 1 is 1.41 bits per heavy atom. The molecule has 1 amide bonds. The number of amides is 1. The first-order valence-corrected chi connectivity index (χ1v) is 7.75. The monoisotopic (exact) mass is 313 g/mol. The smallest absolute Gasteiger partial charge is 0.234 e. The molecule has 2 nitrogen and oxygen atoms in total. The Hall–Kier alpha value is -0.480. The van der Waals surface area contributed by atoms with Crippen LogP contribution < -0.4 is 5.32 Å². The van der Waals surface area contributed by atoms with Crippen LogP contribution in [0.3, 0.4) is 0 Å². The van der Waals surface area contributed by atoms with E-state index in [1.165, 1.54) is 25.7 Å². The summed E-state index contributed by atoms with van der Waals surface area (Å²) in [7, 11) is 0. The van der Waals surface area contributed by atoms with Crippen molar-refractivity contribution in [3.8, 4) is 0 Å². The van der Waals surface area contributed by atoms with Crippen LogP contribution >= 0.6 is 27.7 Å². The predicted octanol–water partition coefficient (Wildman–Crippen LogP) is 4.06. The topological polar surface area (TPSA) is 29.1 Å². The highest BCUT2D eigenvalue weighted by Crippen LogP contribution is 2.29. The summed E-state index contributed by atoms with van der Waals surface area (Å²) in [5, 5.41) is 3.61. The van der Waals surface area contributed by atoms with Crippen LogP contribution in [-0.4, -0.2) is 16.9 Å². The van der Waals surface area contributed by atoms with E-state index in [1.807, 2.05) is 24.3 Å². The maximum absolute atomic E-state index is 11.7. The maximum Gasteiger partial charge on any atom is 0.234 e. The van der Waals surface area contributed by atoms with Gasteiger partial charge in [-0.15, -0.1) is 11.8 Å². The lowest BCUT2D eigenvalue weighted by atomic mass is 10.3. The van der Waals surface area contributed by atoms with E-state index < -0.39 is 0 Å². The molecule has 17 heavy (non-hydrogen) atoms. The minimum Gasteiger partial charge on any atom is -0.325 e. The van der Waals surface area contributed by atoms with Crippen molar-refractivity contribution >= 4 is 39.3 Å². The minimum atomic E-state index is 0.0972. The molecule has 1 saturated carbocycles. The van der Waals surface area contributed by atoms with Gasteiger partial charge >= 0.3 is 0 Å². The summed E-state index contributed by atoms with van der Waals surface area (Å²) < 4.78 is 0.985. The Morgan fingerprint density at radius 3 is 2.88 bits per heavy atom. The molecule has 0 aliphatic heterocycles. The van der Waals surface area contributed by atoms with Gasteiger partial charge in [-0.2, -0.15) is 0 Å². The highest BCUT2D eigenvalue weighted by molar-refractivity contribution is 9.10.